The fourth-order valence-electron chi connectivity index (χ4n) is 2.31. The molecule has 114 valence electrons. The van der Waals surface area contributed by atoms with Crippen molar-refractivity contribution in [3.63, 3.8) is 0 Å². The third-order valence-corrected chi connectivity index (χ3v) is 3.51. The Balaban J connectivity index is 1.55. The Morgan fingerprint density at radius 2 is 2.00 bits per heavy atom. The Kier molecular flexibility index (Phi) is 4.65. The molecule has 1 aromatic carbocycles. The summed E-state index contributed by atoms with van der Waals surface area (Å²) in [6, 6.07) is 10.6. The fourth-order valence-corrected chi connectivity index (χ4v) is 2.31. The second-order valence-corrected chi connectivity index (χ2v) is 5.16. The van der Waals surface area contributed by atoms with E-state index in [9.17, 15) is 4.79 Å². The first kappa shape index (κ1) is 14.5. The van der Waals surface area contributed by atoms with Gasteiger partial charge in [-0.3, -0.25) is 9.78 Å². The summed E-state index contributed by atoms with van der Waals surface area (Å²) in [5.41, 5.74) is 1.31. The summed E-state index contributed by atoms with van der Waals surface area (Å²) >= 11 is 0. The summed E-state index contributed by atoms with van der Waals surface area (Å²) in [5.74, 6) is 0.591. The van der Waals surface area contributed by atoms with E-state index in [1.807, 2.05) is 0 Å². The molecule has 1 N–H and O–H groups in total. The van der Waals surface area contributed by atoms with Crippen molar-refractivity contribution in [2.24, 2.45) is 0 Å². The summed E-state index contributed by atoms with van der Waals surface area (Å²) in [6.45, 7) is 1.38. The second kappa shape index (κ2) is 7.04. The number of anilines is 1. The Bertz CT molecular complexity index is 608. The molecule has 1 saturated heterocycles. The molecule has 0 bridgehead atoms. The Morgan fingerprint density at radius 1 is 1.23 bits per heavy atom. The van der Waals surface area contributed by atoms with Crippen LogP contribution in [0.25, 0.3) is 0 Å². The predicted octanol–water partition coefficient (Wildman–Crippen LogP) is 2.89. The SMILES string of the molecule is O=C(Nc1ccncc1)c1ccc(OCC2CCCO2)cc1. The number of hydrogen-bond donors (Lipinski definition) is 1. The molecule has 1 atom stereocenters. The molecule has 1 unspecified atom stereocenters. The first-order valence-corrected chi connectivity index (χ1v) is 7.37. The van der Waals surface area contributed by atoms with Gasteiger partial charge >= 0.3 is 0 Å². The van der Waals surface area contributed by atoms with Crippen molar-refractivity contribution in [3.8, 4) is 5.75 Å². The maximum atomic E-state index is 12.1. The van der Waals surface area contributed by atoms with Crippen LogP contribution in [0.5, 0.6) is 5.75 Å². The highest BCUT2D eigenvalue weighted by Gasteiger charge is 2.16. The third-order valence-electron chi connectivity index (χ3n) is 3.51. The number of carbonyl (C=O) groups is 1. The van der Waals surface area contributed by atoms with Crippen molar-refractivity contribution in [2.75, 3.05) is 18.5 Å². The van der Waals surface area contributed by atoms with E-state index in [-0.39, 0.29) is 12.0 Å². The molecule has 5 nitrogen and oxygen atoms in total. The normalized spacial score (nSPS) is 17.2. The number of aromatic nitrogens is 1. The van der Waals surface area contributed by atoms with Crippen molar-refractivity contribution in [1.82, 2.24) is 4.98 Å². The zero-order valence-electron chi connectivity index (χ0n) is 12.2. The van der Waals surface area contributed by atoms with Crippen LogP contribution in [0.15, 0.2) is 48.8 Å². The summed E-state index contributed by atoms with van der Waals surface area (Å²) in [6.07, 6.45) is 5.61. The van der Waals surface area contributed by atoms with E-state index in [1.54, 1.807) is 48.8 Å². The maximum Gasteiger partial charge on any atom is 0.255 e. The zero-order chi connectivity index (χ0) is 15.2. The highest BCUT2D eigenvalue weighted by molar-refractivity contribution is 6.04. The number of benzene rings is 1. The molecule has 2 heterocycles. The smallest absolute Gasteiger partial charge is 0.255 e. The number of ether oxygens (including phenoxy) is 2. The summed E-state index contributed by atoms with van der Waals surface area (Å²) in [4.78, 5) is 16.0. The quantitative estimate of drug-likeness (QED) is 0.922. The van der Waals surface area contributed by atoms with E-state index >= 15 is 0 Å². The minimum absolute atomic E-state index is 0.156. The molecular formula is C17H18N2O3. The topological polar surface area (TPSA) is 60.5 Å². The Morgan fingerprint density at radius 3 is 2.68 bits per heavy atom. The average Bonchev–Trinajstić information content (AvgIpc) is 3.08. The minimum atomic E-state index is -0.156. The summed E-state index contributed by atoms with van der Waals surface area (Å²) < 4.78 is 11.2. The molecule has 1 fully saturated rings. The van der Waals surface area contributed by atoms with E-state index < -0.39 is 0 Å². The second-order valence-electron chi connectivity index (χ2n) is 5.16. The lowest BCUT2D eigenvalue weighted by Gasteiger charge is -2.11. The highest BCUT2D eigenvalue weighted by Crippen LogP contribution is 2.17. The zero-order valence-corrected chi connectivity index (χ0v) is 12.2. The average molecular weight is 298 g/mol. The molecule has 0 spiro atoms. The number of nitrogens with zero attached hydrogens (tertiary/aromatic N) is 1. The first-order valence-electron chi connectivity index (χ1n) is 7.37. The largest absolute Gasteiger partial charge is 0.491 e. The third kappa shape index (κ3) is 3.83. The minimum Gasteiger partial charge on any atom is -0.491 e. The van der Waals surface area contributed by atoms with E-state index in [4.69, 9.17) is 9.47 Å². The van der Waals surface area contributed by atoms with Crippen LogP contribution >= 0.6 is 0 Å². The van der Waals surface area contributed by atoms with Gasteiger partial charge < -0.3 is 14.8 Å². The van der Waals surface area contributed by atoms with Crippen LogP contribution in [0.2, 0.25) is 0 Å². The lowest BCUT2D eigenvalue weighted by Crippen LogP contribution is -2.16. The van der Waals surface area contributed by atoms with Gasteiger partial charge in [0.25, 0.3) is 5.91 Å². The van der Waals surface area contributed by atoms with Crippen LogP contribution in [0.3, 0.4) is 0 Å². The highest BCUT2D eigenvalue weighted by atomic mass is 16.5. The number of amides is 1. The van der Waals surface area contributed by atoms with Crippen molar-refractivity contribution < 1.29 is 14.3 Å². The number of pyridine rings is 1. The maximum absolute atomic E-state index is 12.1. The molecule has 3 rings (SSSR count). The molecule has 0 aliphatic carbocycles. The standard InChI is InChI=1S/C17H18N2O3/c20-17(19-14-7-9-18-10-8-14)13-3-5-15(6-4-13)22-12-16-2-1-11-21-16/h3-10,16H,1-2,11-12H2,(H,18,19,20). The molecule has 0 radical (unpaired) electrons. The van der Waals surface area contributed by atoms with E-state index in [0.29, 0.717) is 12.2 Å². The molecule has 1 aliphatic heterocycles. The van der Waals surface area contributed by atoms with Crippen molar-refractivity contribution in [3.05, 3.63) is 54.4 Å². The lowest BCUT2D eigenvalue weighted by atomic mass is 10.2. The van der Waals surface area contributed by atoms with Gasteiger partial charge in [0.2, 0.25) is 0 Å². The number of hydrogen-bond acceptors (Lipinski definition) is 4. The molecule has 1 aliphatic rings. The molecule has 0 saturated carbocycles. The van der Waals surface area contributed by atoms with Gasteiger partial charge in [0.05, 0.1) is 6.10 Å². The molecule has 1 aromatic heterocycles. The number of nitrogens with one attached hydrogen (secondary N) is 1. The summed E-state index contributed by atoms with van der Waals surface area (Å²) in [7, 11) is 0. The van der Waals surface area contributed by atoms with Crippen LogP contribution < -0.4 is 10.1 Å². The van der Waals surface area contributed by atoms with E-state index in [2.05, 4.69) is 10.3 Å². The van der Waals surface area contributed by atoms with Crippen LogP contribution in [0.4, 0.5) is 5.69 Å². The van der Waals surface area contributed by atoms with Gasteiger partial charge in [-0.25, -0.2) is 0 Å². The fraction of sp³-hybridized carbons (Fsp3) is 0.294. The van der Waals surface area contributed by atoms with Gasteiger partial charge in [0.1, 0.15) is 12.4 Å². The molecule has 1 amide bonds. The van der Waals surface area contributed by atoms with Crippen LogP contribution in [0.1, 0.15) is 23.2 Å². The van der Waals surface area contributed by atoms with E-state index in [0.717, 1.165) is 30.9 Å². The monoisotopic (exact) mass is 298 g/mol. The summed E-state index contributed by atoms with van der Waals surface area (Å²) in [5, 5.41) is 2.81. The Hall–Kier alpha value is -2.40. The predicted molar refractivity (Wildman–Crippen MR) is 83.1 cm³/mol. The molecule has 5 heteroatoms. The first-order chi connectivity index (χ1) is 10.8. The number of rotatable bonds is 5. The molecular weight excluding hydrogens is 280 g/mol. The van der Waals surface area contributed by atoms with E-state index in [1.165, 1.54) is 0 Å². The lowest BCUT2D eigenvalue weighted by molar-refractivity contribution is 0.0679. The van der Waals surface area contributed by atoms with Crippen LogP contribution in [-0.4, -0.2) is 30.2 Å². The number of carbonyl (C=O) groups excluding carboxylic acids is 1. The van der Waals surface area contributed by atoms with Crippen LogP contribution in [-0.2, 0) is 4.74 Å². The van der Waals surface area contributed by atoms with Gasteiger partial charge in [-0.1, -0.05) is 0 Å². The molecule has 2 aromatic rings. The van der Waals surface area contributed by atoms with Gasteiger partial charge in [-0.2, -0.15) is 0 Å². The molecule has 22 heavy (non-hydrogen) atoms. The van der Waals surface area contributed by atoms with Crippen molar-refractivity contribution >= 4 is 11.6 Å². The van der Waals surface area contributed by atoms with Gasteiger partial charge in [-0.15, -0.1) is 0 Å². The van der Waals surface area contributed by atoms with Crippen LogP contribution in [0, 0.1) is 0 Å². The van der Waals surface area contributed by atoms with Gasteiger partial charge in [0, 0.05) is 30.3 Å². The van der Waals surface area contributed by atoms with Gasteiger partial charge in [-0.05, 0) is 49.2 Å². The van der Waals surface area contributed by atoms with Gasteiger partial charge in [0.15, 0.2) is 0 Å². The van der Waals surface area contributed by atoms with Crippen molar-refractivity contribution in [2.45, 2.75) is 18.9 Å². The van der Waals surface area contributed by atoms with Crippen molar-refractivity contribution in [1.29, 1.82) is 0 Å². The Labute approximate surface area is 129 Å².